The second kappa shape index (κ2) is 5.08. The van der Waals surface area contributed by atoms with E-state index in [4.69, 9.17) is 4.42 Å². The molecular formula is C14H15IrN2OSi-. The first-order valence-electron chi connectivity index (χ1n) is 6.00. The van der Waals surface area contributed by atoms with Gasteiger partial charge >= 0.3 is 0 Å². The van der Waals surface area contributed by atoms with Crippen molar-refractivity contribution < 1.29 is 24.5 Å². The first-order chi connectivity index (χ1) is 8.57. The normalized spacial score (nSPS) is 11.5. The van der Waals surface area contributed by atoms with E-state index in [0.29, 0.717) is 0 Å². The summed E-state index contributed by atoms with van der Waals surface area (Å²) >= 11 is 0. The van der Waals surface area contributed by atoms with Gasteiger partial charge in [0.05, 0.1) is 14.3 Å². The molecule has 0 N–H and O–H groups in total. The van der Waals surface area contributed by atoms with Crippen molar-refractivity contribution in [2.75, 3.05) is 0 Å². The Morgan fingerprint density at radius 2 is 2.11 bits per heavy atom. The Bertz CT molecular complexity index is 683. The van der Waals surface area contributed by atoms with E-state index >= 15 is 0 Å². The van der Waals surface area contributed by atoms with Crippen molar-refractivity contribution in [2.45, 2.75) is 19.6 Å². The zero-order chi connectivity index (χ0) is 12.8. The summed E-state index contributed by atoms with van der Waals surface area (Å²) in [7, 11) is -1.39. The molecule has 0 spiro atoms. The molecule has 0 aliphatic rings. The average Bonchev–Trinajstić information content (AvgIpc) is 2.96. The molecule has 0 unspecified atom stereocenters. The van der Waals surface area contributed by atoms with Crippen molar-refractivity contribution >= 4 is 24.2 Å². The Hall–Kier alpha value is -1.16. The van der Waals surface area contributed by atoms with Gasteiger partial charge in [-0.3, -0.25) is 4.68 Å². The summed E-state index contributed by atoms with van der Waals surface area (Å²) in [5.41, 5.74) is 1.75. The standard InChI is InChI=1S/C14H15N2OSi.Ir/c1-18(2,3)13-10-17-14-11(13)6-4-7-12(14)16-9-5-8-15-16;/h4-6,8-10H,1-3H3;/q-1;. The monoisotopic (exact) mass is 448 g/mol. The second-order valence-corrected chi connectivity index (χ2v) is 10.5. The number of furan rings is 1. The van der Waals surface area contributed by atoms with Crippen LogP contribution >= 0.6 is 0 Å². The van der Waals surface area contributed by atoms with Crippen LogP contribution in [0, 0.1) is 6.07 Å². The smallest absolute Gasteiger partial charge is 0.0797 e. The van der Waals surface area contributed by atoms with Crippen LogP contribution in [0.4, 0.5) is 0 Å². The van der Waals surface area contributed by atoms with Gasteiger partial charge in [0.25, 0.3) is 0 Å². The van der Waals surface area contributed by atoms with E-state index in [-0.39, 0.29) is 20.1 Å². The predicted octanol–water partition coefficient (Wildman–Crippen LogP) is 2.96. The maximum absolute atomic E-state index is 5.77. The first kappa shape index (κ1) is 14.2. The Morgan fingerprint density at radius 3 is 2.74 bits per heavy atom. The van der Waals surface area contributed by atoms with Crippen LogP contribution in [0.15, 0.2) is 41.3 Å². The van der Waals surface area contributed by atoms with E-state index < -0.39 is 8.07 Å². The molecular weight excluding hydrogens is 432 g/mol. The molecule has 0 saturated heterocycles. The van der Waals surface area contributed by atoms with Gasteiger partial charge in [0.2, 0.25) is 0 Å². The minimum Gasteiger partial charge on any atom is -0.521 e. The molecule has 5 heteroatoms. The van der Waals surface area contributed by atoms with Crippen LogP contribution in [0.2, 0.25) is 19.6 Å². The largest absolute Gasteiger partial charge is 0.521 e. The molecule has 0 fully saturated rings. The molecule has 3 rings (SSSR count). The summed E-state index contributed by atoms with van der Waals surface area (Å²) in [5, 5.41) is 6.78. The summed E-state index contributed by atoms with van der Waals surface area (Å²) in [6, 6.07) is 9.12. The Labute approximate surface area is 127 Å². The van der Waals surface area contributed by atoms with Crippen LogP contribution in [-0.4, -0.2) is 17.9 Å². The molecule has 3 aromatic rings. The number of nitrogens with zero attached hydrogens (tertiary/aromatic N) is 2. The zero-order valence-corrected chi connectivity index (χ0v) is 14.5. The zero-order valence-electron chi connectivity index (χ0n) is 11.1. The van der Waals surface area contributed by atoms with E-state index in [2.05, 4.69) is 36.9 Å². The fraction of sp³-hybridized carbons (Fsp3) is 0.214. The molecule has 2 aromatic heterocycles. The van der Waals surface area contributed by atoms with Gasteiger partial charge in [-0.05, 0) is 16.9 Å². The molecule has 101 valence electrons. The van der Waals surface area contributed by atoms with Crippen molar-refractivity contribution in [1.29, 1.82) is 0 Å². The van der Waals surface area contributed by atoms with Crippen molar-refractivity contribution in [3.63, 3.8) is 0 Å². The van der Waals surface area contributed by atoms with Gasteiger partial charge in [-0.2, -0.15) is 23.3 Å². The van der Waals surface area contributed by atoms with Gasteiger partial charge in [0, 0.05) is 38.1 Å². The van der Waals surface area contributed by atoms with Crippen LogP contribution in [0.3, 0.4) is 0 Å². The summed E-state index contributed by atoms with van der Waals surface area (Å²) in [4.78, 5) is 0. The third-order valence-electron chi connectivity index (χ3n) is 3.06. The molecule has 0 saturated carbocycles. The van der Waals surface area contributed by atoms with Gasteiger partial charge in [-0.15, -0.1) is 0 Å². The second-order valence-electron chi connectivity index (χ2n) is 5.42. The quantitative estimate of drug-likeness (QED) is 0.447. The van der Waals surface area contributed by atoms with Crippen LogP contribution in [-0.2, 0) is 20.1 Å². The van der Waals surface area contributed by atoms with Gasteiger partial charge in [0.15, 0.2) is 0 Å². The molecule has 0 bridgehead atoms. The van der Waals surface area contributed by atoms with Crippen LogP contribution in [0.25, 0.3) is 16.7 Å². The number of aromatic nitrogens is 2. The van der Waals surface area contributed by atoms with Gasteiger partial charge in [-0.1, -0.05) is 25.0 Å². The number of fused-ring (bicyclic) bond motifs is 1. The van der Waals surface area contributed by atoms with E-state index in [9.17, 15) is 0 Å². The maximum atomic E-state index is 5.77. The van der Waals surface area contributed by atoms with Crippen LogP contribution < -0.4 is 5.19 Å². The summed E-state index contributed by atoms with van der Waals surface area (Å²) in [6.45, 7) is 6.96. The topological polar surface area (TPSA) is 31.0 Å². The number of hydrogen-bond donors (Lipinski definition) is 0. The number of hydrogen-bond acceptors (Lipinski definition) is 2. The van der Waals surface area contributed by atoms with E-state index in [1.54, 1.807) is 10.9 Å². The molecule has 0 aliphatic heterocycles. The molecule has 2 heterocycles. The van der Waals surface area contributed by atoms with Gasteiger partial charge in [-0.25, -0.2) is 0 Å². The third kappa shape index (κ3) is 2.46. The van der Waals surface area contributed by atoms with Crippen LogP contribution in [0.1, 0.15) is 0 Å². The van der Waals surface area contributed by atoms with Crippen molar-refractivity contribution in [3.8, 4) is 5.69 Å². The SMILES string of the molecule is C[Si](C)(C)c1coc2c(-n3cccn3)[c-]ccc12.[Ir]. The Balaban J connectivity index is 0.00000133. The number of rotatable bonds is 2. The molecule has 3 nitrogen and oxygen atoms in total. The summed E-state index contributed by atoms with van der Waals surface area (Å²) < 4.78 is 7.56. The Morgan fingerprint density at radius 1 is 1.32 bits per heavy atom. The molecule has 0 atom stereocenters. The summed E-state index contributed by atoms with van der Waals surface area (Å²) in [6.07, 6.45) is 5.56. The van der Waals surface area contributed by atoms with Gasteiger partial charge < -0.3 is 4.42 Å². The maximum Gasteiger partial charge on any atom is 0.0797 e. The molecule has 0 aliphatic carbocycles. The van der Waals surface area contributed by atoms with Gasteiger partial charge in [0.1, 0.15) is 0 Å². The predicted molar refractivity (Wildman–Crippen MR) is 75.2 cm³/mol. The first-order valence-corrected chi connectivity index (χ1v) is 9.50. The molecule has 0 amide bonds. The Kier molecular flexibility index (Phi) is 3.81. The van der Waals surface area contributed by atoms with Crippen LogP contribution in [0.5, 0.6) is 0 Å². The van der Waals surface area contributed by atoms with E-state index in [1.165, 1.54) is 10.6 Å². The minimum absolute atomic E-state index is 0. The number of benzene rings is 1. The molecule has 1 aromatic carbocycles. The van der Waals surface area contributed by atoms with E-state index in [0.717, 1.165) is 11.3 Å². The van der Waals surface area contributed by atoms with Crippen molar-refractivity contribution in [2.24, 2.45) is 0 Å². The van der Waals surface area contributed by atoms with E-state index in [1.807, 2.05) is 24.6 Å². The molecule has 1 radical (unpaired) electrons. The fourth-order valence-electron chi connectivity index (χ4n) is 2.14. The molecule has 19 heavy (non-hydrogen) atoms. The summed E-state index contributed by atoms with van der Waals surface area (Å²) in [5.74, 6) is 0. The third-order valence-corrected chi connectivity index (χ3v) is 5.06. The van der Waals surface area contributed by atoms with Crippen molar-refractivity contribution in [1.82, 2.24) is 9.78 Å². The fourth-order valence-corrected chi connectivity index (χ4v) is 3.55. The minimum atomic E-state index is -1.39. The van der Waals surface area contributed by atoms with Crippen molar-refractivity contribution in [3.05, 3.63) is 42.9 Å². The average molecular weight is 448 g/mol.